The first-order valence-corrected chi connectivity index (χ1v) is 12.8. The van der Waals surface area contributed by atoms with Crippen LogP contribution in [0.5, 0.6) is 11.5 Å². The monoisotopic (exact) mass is 471 g/mol. The molecule has 0 radical (unpaired) electrons. The molecule has 2 amide bonds. The van der Waals surface area contributed by atoms with E-state index in [4.69, 9.17) is 14.2 Å². The summed E-state index contributed by atoms with van der Waals surface area (Å²) in [5.41, 5.74) is 0.988. The molecule has 4 heterocycles. The third kappa shape index (κ3) is 5.03. The molecule has 34 heavy (non-hydrogen) atoms. The lowest BCUT2D eigenvalue weighted by atomic mass is 9.83. The third-order valence-electron chi connectivity index (χ3n) is 7.93. The van der Waals surface area contributed by atoms with Crippen molar-refractivity contribution in [3.05, 3.63) is 23.8 Å². The zero-order chi connectivity index (χ0) is 23.5. The standard InChI is InChI=1S/C26H37N3O5/c1-32-12-11-28(16-20-5-4-10-27-9-3-2-6-22(20)27)26(31)21-14-25(30)29(17-21)15-19-7-8-23-24(13-19)34-18-33-23/h7-8,13,20-22H,2-6,9-12,14-18H2,1H3. The summed E-state index contributed by atoms with van der Waals surface area (Å²) in [4.78, 5) is 32.9. The lowest BCUT2D eigenvalue weighted by molar-refractivity contribution is -0.137. The average molecular weight is 472 g/mol. The first-order valence-electron chi connectivity index (χ1n) is 12.8. The zero-order valence-corrected chi connectivity index (χ0v) is 20.2. The number of hydrogen-bond donors (Lipinski definition) is 0. The van der Waals surface area contributed by atoms with Crippen LogP contribution in [0.25, 0.3) is 0 Å². The van der Waals surface area contributed by atoms with Gasteiger partial charge in [0.15, 0.2) is 11.5 Å². The first-order chi connectivity index (χ1) is 16.6. The molecule has 0 saturated carbocycles. The molecule has 1 aromatic carbocycles. The number of methoxy groups -OCH3 is 1. The number of nitrogens with zero attached hydrogens (tertiary/aromatic N) is 3. The quantitative estimate of drug-likeness (QED) is 0.580. The smallest absolute Gasteiger partial charge is 0.231 e. The molecular formula is C26H37N3O5. The number of fused-ring (bicyclic) bond motifs is 2. The molecule has 8 nitrogen and oxygen atoms in total. The molecule has 3 unspecified atom stereocenters. The lowest BCUT2D eigenvalue weighted by Crippen LogP contribution is -2.52. The number of amides is 2. The molecule has 4 aliphatic rings. The fourth-order valence-corrected chi connectivity index (χ4v) is 6.17. The molecule has 186 valence electrons. The Hall–Kier alpha value is -2.32. The van der Waals surface area contributed by atoms with Crippen LogP contribution in [0.3, 0.4) is 0 Å². The van der Waals surface area contributed by atoms with Crippen molar-refractivity contribution in [2.45, 2.75) is 51.1 Å². The van der Waals surface area contributed by atoms with Gasteiger partial charge in [-0.1, -0.05) is 12.5 Å². The minimum atomic E-state index is -0.288. The first kappa shape index (κ1) is 23.4. The van der Waals surface area contributed by atoms with Crippen LogP contribution < -0.4 is 9.47 Å². The van der Waals surface area contributed by atoms with E-state index in [0.717, 1.165) is 17.9 Å². The van der Waals surface area contributed by atoms with Gasteiger partial charge in [0.1, 0.15) is 0 Å². The van der Waals surface area contributed by atoms with E-state index in [1.54, 1.807) is 12.0 Å². The molecule has 0 N–H and O–H groups in total. The molecule has 1 aromatic rings. The third-order valence-corrected chi connectivity index (χ3v) is 7.93. The van der Waals surface area contributed by atoms with E-state index in [2.05, 4.69) is 4.90 Å². The largest absolute Gasteiger partial charge is 0.454 e. The Balaban J connectivity index is 1.23. The van der Waals surface area contributed by atoms with E-state index >= 15 is 0 Å². The van der Waals surface area contributed by atoms with Crippen molar-refractivity contribution in [3.63, 3.8) is 0 Å². The highest BCUT2D eigenvalue weighted by atomic mass is 16.7. The number of rotatable bonds is 8. The van der Waals surface area contributed by atoms with E-state index in [1.807, 2.05) is 23.1 Å². The molecular weight excluding hydrogens is 434 g/mol. The summed E-state index contributed by atoms with van der Waals surface area (Å²) in [5.74, 6) is 1.82. The normalized spacial score (nSPS) is 26.6. The van der Waals surface area contributed by atoms with Gasteiger partial charge in [-0.25, -0.2) is 0 Å². The second-order valence-electron chi connectivity index (χ2n) is 10.1. The molecule has 8 heteroatoms. The highest BCUT2D eigenvalue weighted by Crippen LogP contribution is 2.34. The van der Waals surface area contributed by atoms with Gasteiger partial charge in [-0.05, 0) is 62.4 Å². The number of carbonyl (C=O) groups is 2. The second-order valence-corrected chi connectivity index (χ2v) is 10.1. The number of carbonyl (C=O) groups excluding carboxylic acids is 2. The minimum absolute atomic E-state index is 0.0406. The summed E-state index contributed by atoms with van der Waals surface area (Å²) < 4.78 is 16.2. The Morgan fingerprint density at radius 1 is 1.15 bits per heavy atom. The molecule has 0 bridgehead atoms. The number of benzene rings is 1. The van der Waals surface area contributed by atoms with E-state index < -0.39 is 0 Å². The molecule has 4 aliphatic heterocycles. The SMILES string of the molecule is COCCN(CC1CCCN2CCCCC12)C(=O)C1CC(=O)N(Cc2ccc3c(c2)OCO3)C1. The maximum absolute atomic E-state index is 13.6. The summed E-state index contributed by atoms with van der Waals surface area (Å²) in [7, 11) is 1.68. The Kier molecular flexibility index (Phi) is 7.25. The van der Waals surface area contributed by atoms with Crippen molar-refractivity contribution in [3.8, 4) is 11.5 Å². The van der Waals surface area contributed by atoms with Crippen LogP contribution in [0.1, 0.15) is 44.1 Å². The van der Waals surface area contributed by atoms with Crippen LogP contribution >= 0.6 is 0 Å². The summed E-state index contributed by atoms with van der Waals surface area (Å²) in [6, 6.07) is 6.36. The van der Waals surface area contributed by atoms with E-state index in [1.165, 1.54) is 45.2 Å². The summed E-state index contributed by atoms with van der Waals surface area (Å²) in [6.07, 6.45) is 6.49. The van der Waals surface area contributed by atoms with Gasteiger partial charge in [0.2, 0.25) is 18.6 Å². The molecule has 0 aromatic heterocycles. The van der Waals surface area contributed by atoms with Crippen LogP contribution in [0.2, 0.25) is 0 Å². The minimum Gasteiger partial charge on any atom is -0.454 e. The van der Waals surface area contributed by atoms with E-state index in [9.17, 15) is 9.59 Å². The Morgan fingerprint density at radius 3 is 2.88 bits per heavy atom. The number of hydrogen-bond acceptors (Lipinski definition) is 6. The number of piperidine rings is 2. The van der Waals surface area contributed by atoms with Gasteiger partial charge in [-0.15, -0.1) is 0 Å². The highest BCUT2D eigenvalue weighted by Gasteiger charge is 2.39. The maximum atomic E-state index is 13.6. The predicted molar refractivity (Wildman–Crippen MR) is 126 cm³/mol. The maximum Gasteiger partial charge on any atom is 0.231 e. The van der Waals surface area contributed by atoms with Gasteiger partial charge in [-0.3, -0.25) is 9.59 Å². The van der Waals surface area contributed by atoms with Crippen LogP contribution in [0, 0.1) is 11.8 Å². The van der Waals surface area contributed by atoms with E-state index in [-0.39, 0.29) is 30.9 Å². The van der Waals surface area contributed by atoms with Crippen LogP contribution in [0.4, 0.5) is 0 Å². The molecule has 3 fully saturated rings. The van der Waals surface area contributed by atoms with Crippen LogP contribution in [-0.2, 0) is 20.9 Å². The molecule has 5 rings (SSSR count). The van der Waals surface area contributed by atoms with Gasteiger partial charge < -0.3 is 28.9 Å². The predicted octanol–water partition coefficient (Wildman–Crippen LogP) is 2.50. The van der Waals surface area contributed by atoms with Gasteiger partial charge in [0, 0.05) is 45.8 Å². The van der Waals surface area contributed by atoms with Gasteiger partial charge in [0.25, 0.3) is 0 Å². The fourth-order valence-electron chi connectivity index (χ4n) is 6.17. The topological polar surface area (TPSA) is 71.6 Å². The average Bonchev–Trinajstić information content (AvgIpc) is 3.47. The second kappa shape index (κ2) is 10.5. The van der Waals surface area contributed by atoms with Crippen molar-refractivity contribution in [2.24, 2.45) is 11.8 Å². The summed E-state index contributed by atoms with van der Waals surface area (Å²) in [6.45, 7) is 5.45. The summed E-state index contributed by atoms with van der Waals surface area (Å²) in [5, 5.41) is 0. The Morgan fingerprint density at radius 2 is 2.00 bits per heavy atom. The fraction of sp³-hybridized carbons (Fsp3) is 0.692. The summed E-state index contributed by atoms with van der Waals surface area (Å²) >= 11 is 0. The lowest BCUT2D eigenvalue weighted by Gasteiger charge is -2.46. The van der Waals surface area contributed by atoms with Crippen molar-refractivity contribution in [2.75, 3.05) is 53.2 Å². The highest BCUT2D eigenvalue weighted by molar-refractivity contribution is 5.89. The van der Waals surface area contributed by atoms with Crippen molar-refractivity contribution in [1.29, 1.82) is 0 Å². The molecule has 0 spiro atoms. The molecule has 3 saturated heterocycles. The van der Waals surface area contributed by atoms with E-state index in [0.29, 0.717) is 44.0 Å². The van der Waals surface area contributed by atoms with Crippen molar-refractivity contribution in [1.82, 2.24) is 14.7 Å². The van der Waals surface area contributed by atoms with Crippen molar-refractivity contribution >= 4 is 11.8 Å². The van der Waals surface area contributed by atoms with Crippen LogP contribution in [0.15, 0.2) is 18.2 Å². The van der Waals surface area contributed by atoms with Crippen molar-refractivity contribution < 1.29 is 23.8 Å². The van der Waals surface area contributed by atoms with Gasteiger partial charge in [-0.2, -0.15) is 0 Å². The molecule has 3 atom stereocenters. The van der Waals surface area contributed by atoms with Gasteiger partial charge >= 0.3 is 0 Å². The van der Waals surface area contributed by atoms with Crippen LogP contribution in [-0.4, -0.2) is 85.8 Å². The Labute approximate surface area is 202 Å². The zero-order valence-electron chi connectivity index (χ0n) is 20.2. The number of likely N-dealkylation sites (tertiary alicyclic amines) is 1. The Bertz CT molecular complexity index is 891. The number of ether oxygens (including phenoxy) is 3. The molecule has 0 aliphatic carbocycles. The van der Waals surface area contributed by atoms with Gasteiger partial charge in [0.05, 0.1) is 12.5 Å².